The van der Waals surface area contributed by atoms with Gasteiger partial charge in [0.05, 0.1) is 6.10 Å². The predicted octanol–water partition coefficient (Wildman–Crippen LogP) is 3.78. The lowest BCUT2D eigenvalue weighted by atomic mass is 10.0. The molecule has 23 heavy (non-hydrogen) atoms. The van der Waals surface area contributed by atoms with E-state index >= 15 is 0 Å². The Bertz CT molecular complexity index is 687. The smallest absolute Gasteiger partial charge is 0.319 e. The van der Waals surface area contributed by atoms with Crippen LogP contribution in [0.15, 0.2) is 36.4 Å². The maximum absolute atomic E-state index is 12.1. The van der Waals surface area contributed by atoms with Crippen LogP contribution in [0.2, 0.25) is 0 Å². The maximum atomic E-state index is 12.1. The number of hydrogen-bond donors (Lipinski definition) is 3. The first-order valence-electron chi connectivity index (χ1n) is 7.74. The van der Waals surface area contributed by atoms with Crippen molar-refractivity contribution >= 4 is 11.7 Å². The van der Waals surface area contributed by atoms with Crippen LogP contribution < -0.4 is 10.6 Å². The number of carbonyl (C=O) groups excluding carboxylic acids is 1. The Hall–Kier alpha value is -2.33. The molecule has 1 unspecified atom stereocenters. The number of benzene rings is 2. The Labute approximate surface area is 137 Å². The van der Waals surface area contributed by atoms with Crippen molar-refractivity contribution in [3.8, 4) is 0 Å². The minimum absolute atomic E-state index is 0.167. The number of hydrogen-bond acceptors (Lipinski definition) is 2. The van der Waals surface area contributed by atoms with Gasteiger partial charge >= 0.3 is 6.03 Å². The Morgan fingerprint density at radius 3 is 2.26 bits per heavy atom. The quantitative estimate of drug-likeness (QED) is 0.804. The van der Waals surface area contributed by atoms with E-state index in [1.807, 2.05) is 64.1 Å². The van der Waals surface area contributed by atoms with Crippen molar-refractivity contribution in [1.82, 2.24) is 5.32 Å². The average molecular weight is 312 g/mol. The predicted molar refractivity (Wildman–Crippen MR) is 93.8 cm³/mol. The van der Waals surface area contributed by atoms with Gasteiger partial charge in [-0.05, 0) is 49.9 Å². The molecule has 0 fully saturated rings. The summed E-state index contributed by atoms with van der Waals surface area (Å²) in [4.78, 5) is 12.1. The van der Waals surface area contributed by atoms with E-state index in [9.17, 15) is 9.90 Å². The molecule has 2 aromatic carbocycles. The van der Waals surface area contributed by atoms with Crippen LogP contribution in [-0.4, -0.2) is 17.7 Å². The second-order valence-electron chi connectivity index (χ2n) is 5.98. The minimum atomic E-state index is -0.720. The van der Waals surface area contributed by atoms with Gasteiger partial charge in [-0.25, -0.2) is 4.79 Å². The van der Waals surface area contributed by atoms with Gasteiger partial charge in [-0.2, -0.15) is 0 Å². The van der Waals surface area contributed by atoms with Crippen LogP contribution in [0.4, 0.5) is 10.5 Å². The molecular weight excluding hydrogens is 288 g/mol. The lowest BCUT2D eigenvalue weighted by Gasteiger charge is -2.16. The highest BCUT2D eigenvalue weighted by molar-refractivity contribution is 5.91. The van der Waals surface area contributed by atoms with E-state index < -0.39 is 6.10 Å². The highest BCUT2D eigenvalue weighted by atomic mass is 16.3. The number of anilines is 1. The van der Waals surface area contributed by atoms with Gasteiger partial charge in [0.2, 0.25) is 0 Å². The number of urea groups is 1. The van der Waals surface area contributed by atoms with Crippen molar-refractivity contribution in [2.75, 3.05) is 11.9 Å². The number of rotatable bonds is 4. The van der Waals surface area contributed by atoms with Crippen LogP contribution in [-0.2, 0) is 0 Å². The molecule has 0 heterocycles. The van der Waals surface area contributed by atoms with Crippen LogP contribution in [0.5, 0.6) is 0 Å². The molecule has 2 amide bonds. The first kappa shape index (κ1) is 17.0. The van der Waals surface area contributed by atoms with Gasteiger partial charge in [0.15, 0.2) is 0 Å². The van der Waals surface area contributed by atoms with Crippen molar-refractivity contribution in [1.29, 1.82) is 0 Å². The Morgan fingerprint density at radius 2 is 1.65 bits per heavy atom. The van der Waals surface area contributed by atoms with Crippen LogP contribution in [0.25, 0.3) is 0 Å². The van der Waals surface area contributed by atoms with Gasteiger partial charge in [0.1, 0.15) is 0 Å². The van der Waals surface area contributed by atoms with Crippen molar-refractivity contribution in [3.63, 3.8) is 0 Å². The Morgan fingerprint density at radius 1 is 1.04 bits per heavy atom. The summed E-state index contributed by atoms with van der Waals surface area (Å²) >= 11 is 0. The van der Waals surface area contributed by atoms with Gasteiger partial charge in [-0.3, -0.25) is 0 Å². The second-order valence-corrected chi connectivity index (χ2v) is 5.98. The van der Waals surface area contributed by atoms with E-state index in [0.29, 0.717) is 0 Å². The number of nitrogens with one attached hydrogen (secondary N) is 2. The van der Waals surface area contributed by atoms with E-state index in [2.05, 4.69) is 10.6 Å². The fraction of sp³-hybridized carbons (Fsp3) is 0.316. The summed E-state index contributed by atoms with van der Waals surface area (Å²) < 4.78 is 0. The molecule has 3 N–H and O–H groups in total. The zero-order chi connectivity index (χ0) is 17.0. The summed E-state index contributed by atoms with van der Waals surface area (Å²) in [6.45, 7) is 8.08. The fourth-order valence-electron chi connectivity index (χ4n) is 2.79. The second kappa shape index (κ2) is 7.29. The summed E-state index contributed by atoms with van der Waals surface area (Å²) in [5, 5.41) is 15.8. The van der Waals surface area contributed by atoms with Crippen molar-refractivity contribution in [2.24, 2.45) is 0 Å². The van der Waals surface area contributed by atoms with Crippen LogP contribution in [0, 0.1) is 27.7 Å². The summed E-state index contributed by atoms with van der Waals surface area (Å²) in [5.41, 5.74) is 5.87. The van der Waals surface area contributed by atoms with Crippen LogP contribution in [0.1, 0.15) is 33.9 Å². The number of amides is 2. The summed E-state index contributed by atoms with van der Waals surface area (Å²) in [7, 11) is 0. The van der Waals surface area contributed by atoms with E-state index in [1.165, 1.54) is 5.56 Å². The summed E-state index contributed by atoms with van der Waals surface area (Å²) in [5.74, 6) is 0. The third-order valence-electron chi connectivity index (χ3n) is 3.92. The summed E-state index contributed by atoms with van der Waals surface area (Å²) in [6.07, 6.45) is -0.720. The van der Waals surface area contributed by atoms with E-state index in [-0.39, 0.29) is 12.6 Å². The Kier molecular flexibility index (Phi) is 5.40. The number of aliphatic hydroxyl groups is 1. The molecule has 0 radical (unpaired) electrons. The van der Waals surface area contributed by atoms with Crippen molar-refractivity contribution in [3.05, 3.63) is 64.2 Å². The fourth-order valence-corrected chi connectivity index (χ4v) is 2.79. The standard InChI is InChI=1S/C19H24N2O2/c1-12-9-14(3)18(15(4)10-12)21-19(23)20-11-17(22)16-8-6-5-7-13(16)2/h5-10,17,22H,11H2,1-4H3,(H2,20,21,23). The molecular formula is C19H24N2O2. The highest BCUT2D eigenvalue weighted by Gasteiger charge is 2.12. The molecule has 0 saturated heterocycles. The average Bonchev–Trinajstić information content (AvgIpc) is 2.49. The molecule has 0 spiro atoms. The van der Waals surface area contributed by atoms with Gasteiger partial charge in [0.25, 0.3) is 0 Å². The number of aliphatic hydroxyl groups excluding tert-OH is 1. The molecule has 0 aliphatic rings. The van der Waals surface area contributed by atoms with Crippen molar-refractivity contribution < 1.29 is 9.90 Å². The molecule has 0 saturated carbocycles. The molecule has 1 atom stereocenters. The van der Waals surface area contributed by atoms with E-state index in [1.54, 1.807) is 0 Å². The third kappa shape index (κ3) is 4.33. The molecule has 4 heteroatoms. The van der Waals surface area contributed by atoms with Gasteiger partial charge in [-0.15, -0.1) is 0 Å². The monoisotopic (exact) mass is 312 g/mol. The lowest BCUT2D eigenvalue weighted by molar-refractivity contribution is 0.174. The minimum Gasteiger partial charge on any atom is -0.387 e. The van der Waals surface area contributed by atoms with E-state index in [0.717, 1.165) is 27.9 Å². The molecule has 2 aromatic rings. The van der Waals surface area contributed by atoms with Crippen LogP contribution >= 0.6 is 0 Å². The van der Waals surface area contributed by atoms with Crippen molar-refractivity contribution in [2.45, 2.75) is 33.8 Å². The van der Waals surface area contributed by atoms with E-state index in [4.69, 9.17) is 0 Å². The highest BCUT2D eigenvalue weighted by Crippen LogP contribution is 2.22. The maximum Gasteiger partial charge on any atom is 0.319 e. The summed E-state index contributed by atoms with van der Waals surface area (Å²) in [6, 6.07) is 11.4. The number of aryl methyl sites for hydroxylation is 4. The lowest BCUT2D eigenvalue weighted by Crippen LogP contribution is -2.33. The normalized spacial score (nSPS) is 11.9. The third-order valence-corrected chi connectivity index (χ3v) is 3.92. The Balaban J connectivity index is 1.97. The molecule has 122 valence electrons. The molecule has 0 aliphatic heterocycles. The molecule has 0 aliphatic carbocycles. The van der Waals surface area contributed by atoms with Gasteiger partial charge in [-0.1, -0.05) is 42.0 Å². The first-order chi connectivity index (χ1) is 10.9. The molecule has 2 rings (SSSR count). The van der Waals surface area contributed by atoms with Gasteiger partial charge < -0.3 is 15.7 Å². The largest absolute Gasteiger partial charge is 0.387 e. The zero-order valence-electron chi connectivity index (χ0n) is 14.1. The first-order valence-corrected chi connectivity index (χ1v) is 7.74. The van der Waals surface area contributed by atoms with Gasteiger partial charge in [0, 0.05) is 12.2 Å². The SMILES string of the molecule is Cc1cc(C)c(NC(=O)NCC(O)c2ccccc2C)c(C)c1. The van der Waals surface area contributed by atoms with Crippen LogP contribution in [0.3, 0.4) is 0 Å². The molecule has 4 nitrogen and oxygen atoms in total. The number of carbonyl (C=O) groups is 1. The molecule has 0 aromatic heterocycles. The zero-order valence-corrected chi connectivity index (χ0v) is 14.1. The molecule has 0 bridgehead atoms. The topological polar surface area (TPSA) is 61.4 Å².